The van der Waals surface area contributed by atoms with Gasteiger partial charge < -0.3 is 15.0 Å². The molecule has 1 radical (unpaired) electrons. The first-order chi connectivity index (χ1) is 35.8. The van der Waals surface area contributed by atoms with Crippen molar-refractivity contribution in [2.24, 2.45) is 0 Å². The van der Waals surface area contributed by atoms with Gasteiger partial charge in [-0.15, -0.1) is 0 Å². The molecular formula is C47H23CrF15N6O6S2+3. The first-order valence-corrected chi connectivity index (χ1v) is 23.6. The van der Waals surface area contributed by atoms with Gasteiger partial charge in [0.25, 0.3) is 20.2 Å². The third-order valence-corrected chi connectivity index (χ3v) is 12.9. The quantitative estimate of drug-likeness (QED) is 0.0482. The normalized spacial score (nSPS) is 12.2. The van der Waals surface area contributed by atoms with Crippen molar-refractivity contribution in [1.29, 1.82) is 0 Å². The number of H-pyrrole nitrogens is 3. The monoisotopic (exact) mass is 1170 g/mol. The molecule has 5 N–H and O–H groups in total. The molecule has 0 atom stereocenters. The average molecular weight is 1170 g/mol. The van der Waals surface area contributed by atoms with Crippen LogP contribution >= 0.6 is 0 Å². The Hall–Kier alpha value is -7.75. The Labute approximate surface area is 431 Å². The SMILES string of the molecule is O=S(=O)(O)c1cc2[nH]c1c(-c1c(F)c(F)c(F)c(F)c1F)c1[nH]c(c(-c3c(F)c(F)c(F)c(F)c3F)c3nc(c(-c4c(F)c(F)c(F)c(F)c4F)c4cc(S(=O)(=O)O)c2[nH]4)C=C3)CC1.[Cr+3].c1ccncc1.c1ccncc1. The second-order valence-electron chi connectivity index (χ2n) is 15.6. The molecule has 2 aliphatic rings. The summed E-state index contributed by atoms with van der Waals surface area (Å²) in [4.78, 5) is 14.7. The van der Waals surface area contributed by atoms with E-state index in [9.17, 15) is 65.5 Å². The molecule has 8 aromatic rings. The molecule has 0 amide bonds. The van der Waals surface area contributed by atoms with Crippen LogP contribution in [0, 0.1) is 87.3 Å². The van der Waals surface area contributed by atoms with E-state index < -0.39 is 208 Å². The fourth-order valence-electron chi connectivity index (χ4n) is 7.87. The number of rotatable bonds is 5. The van der Waals surface area contributed by atoms with Gasteiger partial charge in [0.2, 0.25) is 17.5 Å². The van der Waals surface area contributed by atoms with E-state index in [2.05, 4.69) is 29.9 Å². The minimum atomic E-state index is -5.89. The van der Waals surface area contributed by atoms with Crippen LogP contribution in [0.3, 0.4) is 0 Å². The zero-order valence-corrected chi connectivity index (χ0v) is 40.2. The van der Waals surface area contributed by atoms with Crippen molar-refractivity contribution in [3.05, 3.63) is 183 Å². The van der Waals surface area contributed by atoms with Gasteiger partial charge in [-0.3, -0.25) is 19.1 Å². The maximum atomic E-state index is 15.8. The van der Waals surface area contributed by atoms with Crippen LogP contribution in [0.4, 0.5) is 65.9 Å². The van der Waals surface area contributed by atoms with Crippen LogP contribution in [-0.2, 0) is 50.4 Å². The number of nitrogens with zero attached hydrogens (tertiary/aromatic N) is 3. The molecule has 30 heteroatoms. The zero-order chi connectivity index (χ0) is 55.5. The van der Waals surface area contributed by atoms with Crippen molar-refractivity contribution in [2.45, 2.75) is 22.6 Å². The Morgan fingerprint density at radius 3 is 1.05 bits per heavy atom. The van der Waals surface area contributed by atoms with Crippen LogP contribution in [0.15, 0.2) is 83.1 Å². The largest absolute Gasteiger partial charge is 3.00 e. The molecular weight excluding hydrogens is 1150 g/mol. The number of benzene rings is 3. The summed E-state index contributed by atoms with van der Waals surface area (Å²) >= 11 is 0. The van der Waals surface area contributed by atoms with Crippen molar-refractivity contribution in [3.63, 3.8) is 0 Å². The van der Waals surface area contributed by atoms with Crippen LogP contribution in [0.5, 0.6) is 0 Å². The molecule has 2 aliphatic heterocycles. The molecule has 7 heterocycles. The van der Waals surface area contributed by atoms with E-state index in [4.69, 9.17) is 0 Å². The summed E-state index contributed by atoms with van der Waals surface area (Å²) in [5, 5.41) is 0. The summed E-state index contributed by atoms with van der Waals surface area (Å²) in [6, 6.07) is 11.8. The fraction of sp³-hybridized carbons (Fsp3) is 0.0426. The predicted octanol–water partition coefficient (Wildman–Crippen LogP) is 11.9. The number of aromatic nitrogens is 6. The maximum absolute atomic E-state index is 15.8. The zero-order valence-electron chi connectivity index (χ0n) is 37.3. The van der Waals surface area contributed by atoms with Crippen LogP contribution in [0.25, 0.3) is 67.6 Å². The van der Waals surface area contributed by atoms with Gasteiger partial charge in [-0.05, 0) is 61.4 Å². The number of fused-ring (bicyclic) bond motifs is 9. The van der Waals surface area contributed by atoms with E-state index in [-0.39, 0.29) is 29.5 Å². The summed E-state index contributed by atoms with van der Waals surface area (Å²) in [6.45, 7) is 0. The fourth-order valence-corrected chi connectivity index (χ4v) is 9.23. The van der Waals surface area contributed by atoms with Crippen LogP contribution in [-0.4, -0.2) is 55.8 Å². The third kappa shape index (κ3) is 10.3. The van der Waals surface area contributed by atoms with Crippen molar-refractivity contribution in [2.75, 3.05) is 0 Å². The molecule has 3 aromatic carbocycles. The molecule has 0 spiro atoms. The number of pyridine rings is 2. The smallest absolute Gasteiger partial charge is 0.361 e. The van der Waals surface area contributed by atoms with E-state index >= 15 is 26.3 Å². The average Bonchev–Trinajstić information content (AvgIpc) is 4.26. The van der Waals surface area contributed by atoms with E-state index in [0.717, 1.165) is 0 Å². The molecule has 8 bridgehead atoms. The van der Waals surface area contributed by atoms with Crippen LogP contribution < -0.4 is 0 Å². The summed E-state index contributed by atoms with van der Waals surface area (Å²) in [5.74, 6) is -40.2. The Balaban J connectivity index is 0.000000584. The molecule has 397 valence electrons. The van der Waals surface area contributed by atoms with Crippen LogP contribution in [0.1, 0.15) is 22.8 Å². The van der Waals surface area contributed by atoms with E-state index in [1.54, 1.807) is 24.8 Å². The van der Waals surface area contributed by atoms with Crippen molar-refractivity contribution in [3.8, 4) is 33.4 Å². The molecule has 12 nitrogen and oxygen atoms in total. The van der Waals surface area contributed by atoms with Crippen molar-refractivity contribution < 1.29 is 109 Å². The Bertz CT molecular complexity index is 3980. The predicted molar refractivity (Wildman–Crippen MR) is 238 cm³/mol. The van der Waals surface area contributed by atoms with Gasteiger partial charge in [0, 0.05) is 52.9 Å². The molecule has 0 saturated carbocycles. The van der Waals surface area contributed by atoms with Gasteiger partial charge in [0.05, 0.1) is 50.1 Å². The second kappa shape index (κ2) is 21.7. The van der Waals surface area contributed by atoms with E-state index in [0.29, 0.717) is 12.2 Å². The number of hydrogen-bond acceptors (Lipinski definition) is 7. The van der Waals surface area contributed by atoms with Gasteiger partial charge in [-0.25, -0.2) is 70.8 Å². The molecule has 77 heavy (non-hydrogen) atoms. The minimum Gasteiger partial charge on any atom is -0.361 e. The Kier molecular flexibility index (Phi) is 16.1. The van der Waals surface area contributed by atoms with Crippen molar-refractivity contribution in [1.82, 2.24) is 29.9 Å². The third-order valence-electron chi connectivity index (χ3n) is 11.1. The van der Waals surface area contributed by atoms with Crippen molar-refractivity contribution >= 4 is 54.5 Å². The molecule has 0 unspecified atom stereocenters. The molecule has 5 aromatic heterocycles. The van der Waals surface area contributed by atoms with E-state index in [1.165, 1.54) is 0 Å². The second-order valence-corrected chi connectivity index (χ2v) is 18.4. The number of hydrogen-bond donors (Lipinski definition) is 5. The minimum absolute atomic E-state index is 0. The summed E-state index contributed by atoms with van der Waals surface area (Å²) in [6.07, 6.45) is 6.37. The standard InChI is InChI=1S/C37H13F15N4O6S2.2C5H5N.Cr/c38-21-18(22(39)28(45)33(50)27(21)44)15-7-1-2-9(53-7)16(19-23(40)29(46)34(51)30(47)24(19)41)11-5-13(63(57,58)59)36(55-11)12-6-14(64(60,61)62)37(56-12)17(10-4-3-8(15)54-10)20-25(42)31(48)35(52)32(49)26(20)43;2*1-2-4-6-5-3-1;/h1-2,5-6,54-56H,3-4H2,(H,57,58,59)(H,60,61,62);2*1-5H;/q;;;+3. The topological polar surface area (TPSA) is 195 Å². The molecule has 10 rings (SSSR count). The molecule has 0 aliphatic carbocycles. The number of aryl methyl sites for hydroxylation is 2. The number of halogens is 15. The summed E-state index contributed by atoms with van der Waals surface area (Å²) in [5.41, 5.74) is -18.8. The van der Waals surface area contributed by atoms with Crippen LogP contribution in [0.2, 0.25) is 0 Å². The maximum Gasteiger partial charge on any atom is 3.00 e. The molecule has 0 fully saturated rings. The van der Waals surface area contributed by atoms with Gasteiger partial charge in [0.1, 0.15) is 9.79 Å². The summed E-state index contributed by atoms with van der Waals surface area (Å²) < 4.78 is 299. The number of aromatic amines is 3. The van der Waals surface area contributed by atoms with E-state index in [1.807, 2.05) is 36.4 Å². The van der Waals surface area contributed by atoms with Gasteiger partial charge in [0.15, 0.2) is 69.8 Å². The first kappa shape index (κ1) is 57.0. The Morgan fingerprint density at radius 2 is 0.688 bits per heavy atom. The van der Waals surface area contributed by atoms with Gasteiger partial charge in [-0.2, -0.15) is 16.8 Å². The molecule has 0 saturated heterocycles. The van der Waals surface area contributed by atoms with Gasteiger partial charge >= 0.3 is 17.4 Å². The Morgan fingerprint density at radius 1 is 0.377 bits per heavy atom. The number of nitrogens with one attached hydrogen (secondary N) is 3. The van der Waals surface area contributed by atoms with Gasteiger partial charge in [-0.1, -0.05) is 12.1 Å². The summed E-state index contributed by atoms with van der Waals surface area (Å²) in [7, 11) is -11.7. The first-order valence-electron chi connectivity index (χ1n) is 20.7.